The highest BCUT2D eigenvalue weighted by Gasteiger charge is 2.16. The Bertz CT molecular complexity index is 1070. The first-order valence-corrected chi connectivity index (χ1v) is 8.82. The van der Waals surface area contributed by atoms with Crippen molar-refractivity contribution in [1.82, 2.24) is 20.2 Å². The largest absolute Gasteiger partial charge is 0.282 e. The fraction of sp³-hybridized carbons (Fsp3) is 0.227. The van der Waals surface area contributed by atoms with E-state index in [4.69, 9.17) is 9.97 Å². The highest BCUT2D eigenvalue weighted by molar-refractivity contribution is 5.92. The number of para-hydroxylation sites is 1. The van der Waals surface area contributed by atoms with E-state index < -0.39 is 0 Å². The molecular weight excluding hydrogens is 320 g/mol. The van der Waals surface area contributed by atoms with Gasteiger partial charge in [0.05, 0.1) is 5.52 Å². The molecule has 26 heavy (non-hydrogen) atoms. The third-order valence-electron chi connectivity index (χ3n) is 4.56. The molecule has 0 radical (unpaired) electrons. The summed E-state index contributed by atoms with van der Waals surface area (Å²) in [5, 5.41) is 8.42. The van der Waals surface area contributed by atoms with E-state index in [9.17, 15) is 0 Å². The van der Waals surface area contributed by atoms with Crippen LogP contribution in [-0.4, -0.2) is 20.2 Å². The summed E-state index contributed by atoms with van der Waals surface area (Å²) in [7, 11) is 0. The van der Waals surface area contributed by atoms with Crippen LogP contribution >= 0.6 is 0 Å². The van der Waals surface area contributed by atoms with Gasteiger partial charge >= 0.3 is 0 Å². The third-order valence-corrected chi connectivity index (χ3v) is 4.56. The summed E-state index contributed by atoms with van der Waals surface area (Å²) < 4.78 is 0. The number of hydrogen-bond acceptors (Lipinski definition) is 3. The number of benzene rings is 2. The van der Waals surface area contributed by atoms with E-state index >= 15 is 0 Å². The smallest absolute Gasteiger partial charge is 0.160 e. The average molecular weight is 342 g/mol. The summed E-state index contributed by atoms with van der Waals surface area (Å²) in [5.74, 6) is 0.722. The summed E-state index contributed by atoms with van der Waals surface area (Å²) in [6.07, 6.45) is 0. The van der Waals surface area contributed by atoms with E-state index in [2.05, 4.69) is 55.2 Å². The molecule has 0 unspecified atom stereocenters. The molecule has 2 heterocycles. The van der Waals surface area contributed by atoms with Crippen LogP contribution in [0.1, 0.15) is 32.0 Å². The van der Waals surface area contributed by atoms with Crippen LogP contribution in [0.4, 0.5) is 0 Å². The van der Waals surface area contributed by atoms with Crippen LogP contribution in [0.5, 0.6) is 0 Å². The van der Waals surface area contributed by atoms with Gasteiger partial charge in [-0.1, -0.05) is 63.2 Å². The lowest BCUT2D eigenvalue weighted by Gasteiger charge is -2.19. The molecule has 4 aromatic rings. The summed E-state index contributed by atoms with van der Waals surface area (Å²) in [6.45, 7) is 8.64. The van der Waals surface area contributed by atoms with Gasteiger partial charge in [-0.3, -0.25) is 5.10 Å². The Morgan fingerprint density at radius 3 is 2.27 bits per heavy atom. The molecular formula is C22H22N4. The van der Waals surface area contributed by atoms with Gasteiger partial charge in [-0.05, 0) is 30.0 Å². The number of nitrogens with zero attached hydrogens (tertiary/aromatic N) is 3. The van der Waals surface area contributed by atoms with E-state index in [1.54, 1.807) is 0 Å². The van der Waals surface area contributed by atoms with E-state index in [-0.39, 0.29) is 5.41 Å². The quantitative estimate of drug-likeness (QED) is 0.538. The minimum Gasteiger partial charge on any atom is -0.282 e. The van der Waals surface area contributed by atoms with Crippen LogP contribution in [0.2, 0.25) is 0 Å². The normalized spacial score (nSPS) is 11.8. The molecule has 0 amide bonds. The molecule has 0 aliphatic heterocycles. The Morgan fingerprint density at radius 1 is 0.885 bits per heavy atom. The third kappa shape index (κ3) is 2.99. The van der Waals surface area contributed by atoms with Gasteiger partial charge < -0.3 is 0 Å². The Kier molecular flexibility index (Phi) is 3.83. The summed E-state index contributed by atoms with van der Waals surface area (Å²) in [4.78, 5) is 9.63. The van der Waals surface area contributed by atoms with Crippen molar-refractivity contribution >= 4 is 10.9 Å². The van der Waals surface area contributed by atoms with Crippen LogP contribution in [-0.2, 0) is 5.41 Å². The fourth-order valence-corrected chi connectivity index (χ4v) is 3.06. The maximum Gasteiger partial charge on any atom is 0.160 e. The lowest BCUT2D eigenvalue weighted by Crippen LogP contribution is -2.10. The Balaban J connectivity index is 1.88. The van der Waals surface area contributed by atoms with Crippen molar-refractivity contribution in [2.45, 2.75) is 33.1 Å². The first-order chi connectivity index (χ1) is 12.4. The van der Waals surface area contributed by atoms with Crippen LogP contribution in [0, 0.1) is 6.92 Å². The second-order valence-corrected chi connectivity index (χ2v) is 7.68. The zero-order valence-electron chi connectivity index (χ0n) is 15.5. The minimum absolute atomic E-state index is 0.125. The minimum atomic E-state index is 0.125. The van der Waals surface area contributed by atoms with E-state index in [1.165, 1.54) is 5.56 Å². The zero-order chi connectivity index (χ0) is 18.3. The molecule has 0 fully saturated rings. The van der Waals surface area contributed by atoms with Crippen LogP contribution in [0.25, 0.3) is 33.7 Å². The van der Waals surface area contributed by atoms with Crippen LogP contribution in [0.15, 0.2) is 54.6 Å². The SMILES string of the molecule is Cc1cc(-c2nc(-c3ccc(C(C)(C)C)cc3)nc3ccccc23)n[nH]1. The predicted octanol–water partition coefficient (Wildman–Crippen LogP) is 5.29. The lowest BCUT2D eigenvalue weighted by molar-refractivity contribution is 0.590. The van der Waals surface area contributed by atoms with Gasteiger partial charge in [0, 0.05) is 16.6 Å². The van der Waals surface area contributed by atoms with Crippen molar-refractivity contribution in [2.24, 2.45) is 0 Å². The maximum atomic E-state index is 4.85. The van der Waals surface area contributed by atoms with Crippen molar-refractivity contribution in [1.29, 1.82) is 0 Å². The number of aromatic nitrogens is 4. The predicted molar refractivity (Wildman–Crippen MR) is 106 cm³/mol. The molecule has 0 atom stereocenters. The van der Waals surface area contributed by atoms with Crippen molar-refractivity contribution in [2.75, 3.05) is 0 Å². The molecule has 4 rings (SSSR count). The molecule has 0 saturated heterocycles. The lowest BCUT2D eigenvalue weighted by atomic mass is 9.86. The van der Waals surface area contributed by atoms with Crippen molar-refractivity contribution in [3.63, 3.8) is 0 Å². The number of nitrogens with one attached hydrogen (secondary N) is 1. The Hall–Kier alpha value is -3.01. The highest BCUT2D eigenvalue weighted by atomic mass is 15.1. The first kappa shape index (κ1) is 16.5. The molecule has 1 N–H and O–H groups in total. The molecule has 2 aromatic heterocycles. The summed E-state index contributed by atoms with van der Waals surface area (Å²) in [6, 6.07) is 18.6. The zero-order valence-corrected chi connectivity index (χ0v) is 15.5. The standard InChI is InChI=1S/C22H22N4/c1-14-13-19(26-25-14)20-17-7-5-6-8-18(17)23-21(24-20)15-9-11-16(12-10-15)22(2,3)4/h5-13H,1-4H3,(H,25,26). The molecule has 0 aliphatic carbocycles. The second kappa shape index (κ2) is 6.06. The first-order valence-electron chi connectivity index (χ1n) is 8.82. The van der Waals surface area contributed by atoms with E-state index in [0.717, 1.165) is 39.4 Å². The number of hydrogen-bond donors (Lipinski definition) is 1. The fourth-order valence-electron chi connectivity index (χ4n) is 3.06. The van der Waals surface area contributed by atoms with Gasteiger partial charge in [0.15, 0.2) is 5.82 Å². The maximum absolute atomic E-state index is 4.85. The van der Waals surface area contributed by atoms with Crippen molar-refractivity contribution in [3.8, 4) is 22.8 Å². The van der Waals surface area contributed by atoms with E-state index in [0.29, 0.717) is 0 Å². The van der Waals surface area contributed by atoms with E-state index in [1.807, 2.05) is 37.3 Å². The summed E-state index contributed by atoms with van der Waals surface area (Å²) in [5.41, 5.74) is 6.07. The number of H-pyrrole nitrogens is 1. The number of fused-ring (bicyclic) bond motifs is 1. The molecule has 0 bridgehead atoms. The van der Waals surface area contributed by atoms with Crippen molar-refractivity contribution < 1.29 is 0 Å². The Morgan fingerprint density at radius 2 is 1.62 bits per heavy atom. The second-order valence-electron chi connectivity index (χ2n) is 7.68. The van der Waals surface area contributed by atoms with Gasteiger partial charge in [-0.15, -0.1) is 0 Å². The van der Waals surface area contributed by atoms with Crippen LogP contribution < -0.4 is 0 Å². The molecule has 0 spiro atoms. The van der Waals surface area contributed by atoms with Crippen molar-refractivity contribution in [3.05, 3.63) is 65.9 Å². The van der Waals surface area contributed by atoms with Gasteiger partial charge in [0.25, 0.3) is 0 Å². The number of aromatic amines is 1. The topological polar surface area (TPSA) is 54.5 Å². The molecule has 130 valence electrons. The van der Waals surface area contributed by atoms with Gasteiger partial charge in [-0.2, -0.15) is 5.10 Å². The van der Waals surface area contributed by atoms with Gasteiger partial charge in [0.2, 0.25) is 0 Å². The Labute approximate surface area is 153 Å². The van der Waals surface area contributed by atoms with Gasteiger partial charge in [0.1, 0.15) is 11.4 Å². The van der Waals surface area contributed by atoms with Gasteiger partial charge in [-0.25, -0.2) is 9.97 Å². The average Bonchev–Trinajstić information content (AvgIpc) is 3.06. The monoisotopic (exact) mass is 342 g/mol. The number of rotatable bonds is 2. The molecule has 0 aliphatic rings. The summed E-state index contributed by atoms with van der Waals surface area (Å²) >= 11 is 0. The molecule has 4 nitrogen and oxygen atoms in total. The molecule has 0 saturated carbocycles. The molecule has 4 heteroatoms. The number of aryl methyl sites for hydroxylation is 1. The molecule has 2 aromatic carbocycles. The highest BCUT2D eigenvalue weighted by Crippen LogP contribution is 2.29. The van der Waals surface area contributed by atoms with Crippen LogP contribution in [0.3, 0.4) is 0 Å².